The SMILES string of the molecule is [2H]CCCCCOCC(COCCC[2H])(COCCC[2H])COP(OCCC#N)N(C(C)C)C(C)C. The summed E-state index contributed by atoms with van der Waals surface area (Å²) in [5, 5.41) is 8.99. The Morgan fingerprint density at radius 3 is 1.88 bits per heavy atom. The smallest absolute Gasteiger partial charge is 0.259 e. The molecule has 0 fully saturated rings. The lowest BCUT2D eigenvalue weighted by Gasteiger charge is -2.39. The summed E-state index contributed by atoms with van der Waals surface area (Å²) in [6.45, 7) is 12.8. The van der Waals surface area contributed by atoms with Gasteiger partial charge in [0.15, 0.2) is 0 Å². The van der Waals surface area contributed by atoms with Crippen LogP contribution in [0, 0.1) is 16.7 Å². The van der Waals surface area contributed by atoms with Gasteiger partial charge in [-0.05, 0) is 47.0 Å². The van der Waals surface area contributed by atoms with E-state index in [4.69, 9.17) is 32.6 Å². The summed E-state index contributed by atoms with van der Waals surface area (Å²) < 4.78 is 54.9. The molecule has 7 nitrogen and oxygen atoms in total. The van der Waals surface area contributed by atoms with E-state index in [0.717, 1.165) is 19.3 Å². The maximum atomic E-state index is 8.99. The number of nitriles is 1. The monoisotopic (exact) mass is 493 g/mol. The minimum atomic E-state index is -1.41. The first-order valence-electron chi connectivity index (χ1n) is 14.3. The maximum Gasteiger partial charge on any atom is 0.259 e. The second-order valence-electron chi connectivity index (χ2n) is 8.75. The van der Waals surface area contributed by atoms with Gasteiger partial charge in [-0.3, -0.25) is 0 Å². The van der Waals surface area contributed by atoms with Crippen LogP contribution in [0.5, 0.6) is 0 Å². The van der Waals surface area contributed by atoms with Gasteiger partial charge < -0.3 is 23.3 Å². The van der Waals surface area contributed by atoms with E-state index in [1.54, 1.807) is 0 Å². The second kappa shape index (κ2) is 21.0. The molecule has 0 N–H and O–H groups in total. The van der Waals surface area contributed by atoms with E-state index in [9.17, 15) is 0 Å². The third-order valence-electron chi connectivity index (χ3n) is 4.73. The summed E-state index contributed by atoms with van der Waals surface area (Å²) in [5.74, 6) is 0. The first-order valence-corrected chi connectivity index (χ1v) is 13.3. The normalized spacial score (nSPS) is 14.4. The van der Waals surface area contributed by atoms with Crippen LogP contribution in [0.3, 0.4) is 0 Å². The summed E-state index contributed by atoms with van der Waals surface area (Å²) >= 11 is 0. The molecule has 0 amide bonds. The number of unbranched alkanes of at least 4 members (excludes halogenated alkanes) is 2. The molecule has 1 unspecified atom stereocenters. The number of hydrogen-bond acceptors (Lipinski definition) is 7. The summed E-state index contributed by atoms with van der Waals surface area (Å²) in [6, 6.07) is 2.52. The minimum absolute atomic E-state index is 0.197. The zero-order valence-electron chi connectivity index (χ0n) is 24.6. The van der Waals surface area contributed by atoms with Gasteiger partial charge in [-0.2, -0.15) is 5.26 Å². The zero-order valence-corrected chi connectivity index (χ0v) is 22.5. The lowest BCUT2D eigenvalue weighted by molar-refractivity contribution is -0.0899. The number of ether oxygens (including phenoxy) is 3. The molecule has 33 heavy (non-hydrogen) atoms. The number of hydrogen-bond donors (Lipinski definition) is 0. The molecule has 0 aromatic rings. The van der Waals surface area contributed by atoms with Crippen LogP contribution in [0.4, 0.5) is 0 Å². The Hall–Kier alpha value is -0.320. The number of nitrogens with zero attached hydrogens (tertiary/aromatic N) is 2. The van der Waals surface area contributed by atoms with Crippen molar-refractivity contribution in [3.05, 3.63) is 0 Å². The van der Waals surface area contributed by atoms with Gasteiger partial charge in [-0.25, -0.2) is 4.67 Å². The van der Waals surface area contributed by atoms with Crippen molar-refractivity contribution >= 4 is 8.53 Å². The molecule has 0 radical (unpaired) electrons. The van der Waals surface area contributed by atoms with E-state index < -0.39 is 13.9 Å². The van der Waals surface area contributed by atoms with E-state index in [-0.39, 0.29) is 12.1 Å². The first-order chi connectivity index (χ1) is 17.4. The Labute approximate surface area is 209 Å². The highest BCUT2D eigenvalue weighted by Gasteiger charge is 2.36. The van der Waals surface area contributed by atoms with Gasteiger partial charge in [-0.15, -0.1) is 0 Å². The molecule has 0 rings (SSSR count). The van der Waals surface area contributed by atoms with Crippen LogP contribution in [-0.4, -0.2) is 69.6 Å². The third kappa shape index (κ3) is 15.3. The molecule has 0 aromatic carbocycles. The van der Waals surface area contributed by atoms with Crippen molar-refractivity contribution in [2.45, 2.75) is 99.0 Å². The Morgan fingerprint density at radius 2 is 1.36 bits per heavy atom. The highest BCUT2D eigenvalue weighted by atomic mass is 31.2. The van der Waals surface area contributed by atoms with E-state index >= 15 is 0 Å². The van der Waals surface area contributed by atoms with Crippen LogP contribution in [-0.2, 0) is 23.3 Å². The van der Waals surface area contributed by atoms with Crippen LogP contribution >= 0.6 is 8.53 Å². The van der Waals surface area contributed by atoms with E-state index in [1.165, 1.54) is 0 Å². The van der Waals surface area contributed by atoms with Crippen molar-refractivity contribution < 1.29 is 27.4 Å². The van der Waals surface area contributed by atoms with Crippen LogP contribution < -0.4 is 0 Å². The van der Waals surface area contributed by atoms with E-state index in [1.807, 2.05) is 0 Å². The molecule has 0 aromatic heterocycles. The molecule has 8 heteroatoms. The molecule has 0 saturated carbocycles. The van der Waals surface area contributed by atoms with Crippen LogP contribution in [0.2, 0.25) is 0 Å². The van der Waals surface area contributed by atoms with Crippen molar-refractivity contribution in [1.82, 2.24) is 4.67 Å². The molecular weight excluding hydrogens is 439 g/mol. The maximum absolute atomic E-state index is 8.99. The third-order valence-corrected chi connectivity index (χ3v) is 6.79. The van der Waals surface area contributed by atoms with Crippen LogP contribution in [0.1, 0.15) is 91.0 Å². The standard InChI is InChI=1S/C25H51N2O5P/c1-8-11-12-17-30-21-25(19-28-15-9-2,20-29-16-10-3)22-32-33(31-18-13-14-26)27(23(4)5)24(6)7/h23-24H,8-13,15-22H2,1-7H3/i1D,2D,3D. The molecule has 0 aliphatic rings. The van der Waals surface area contributed by atoms with Crippen LogP contribution in [0.25, 0.3) is 0 Å². The average molecular weight is 494 g/mol. The van der Waals surface area contributed by atoms with Crippen molar-refractivity contribution in [3.8, 4) is 6.07 Å². The van der Waals surface area contributed by atoms with E-state index in [2.05, 4.69) is 38.4 Å². The fraction of sp³-hybridized carbons (Fsp3) is 0.960. The number of rotatable bonds is 23. The van der Waals surface area contributed by atoms with Gasteiger partial charge >= 0.3 is 0 Å². The topological polar surface area (TPSA) is 73.2 Å². The lowest BCUT2D eigenvalue weighted by Crippen LogP contribution is -2.43. The van der Waals surface area contributed by atoms with Gasteiger partial charge in [-0.1, -0.05) is 33.5 Å². The lowest BCUT2D eigenvalue weighted by atomic mass is 9.92. The quantitative estimate of drug-likeness (QED) is 0.122. The summed E-state index contributed by atoms with van der Waals surface area (Å²) in [4.78, 5) is 0. The Bertz CT molecular complexity index is 524. The molecule has 0 aliphatic heterocycles. The highest BCUT2D eigenvalue weighted by Crippen LogP contribution is 2.47. The molecule has 0 spiro atoms. The molecule has 1 atom stereocenters. The Balaban J connectivity index is 5.58. The van der Waals surface area contributed by atoms with Gasteiger partial charge in [0.05, 0.1) is 50.9 Å². The zero-order chi connectivity index (χ0) is 27.1. The fourth-order valence-electron chi connectivity index (χ4n) is 3.21. The molecule has 0 saturated heterocycles. The van der Waals surface area contributed by atoms with Gasteiger partial charge in [0.25, 0.3) is 8.53 Å². The Morgan fingerprint density at radius 1 is 0.788 bits per heavy atom. The molecule has 0 aliphatic carbocycles. The minimum Gasteiger partial charge on any atom is -0.381 e. The molecule has 0 bridgehead atoms. The summed E-state index contributed by atoms with van der Waals surface area (Å²) in [7, 11) is -1.41. The van der Waals surface area contributed by atoms with E-state index in [0.29, 0.717) is 92.8 Å². The van der Waals surface area contributed by atoms with Gasteiger partial charge in [0, 0.05) is 36.0 Å². The van der Waals surface area contributed by atoms with Crippen LogP contribution in [0.15, 0.2) is 0 Å². The van der Waals surface area contributed by atoms with Crippen molar-refractivity contribution in [2.75, 3.05) is 52.9 Å². The molecular formula is C25H51N2O5P. The molecule has 196 valence electrons. The fourth-order valence-corrected chi connectivity index (χ4v) is 4.93. The van der Waals surface area contributed by atoms with Gasteiger partial charge in [0.1, 0.15) is 0 Å². The second-order valence-corrected chi connectivity index (χ2v) is 10.2. The Kier molecular flexibility index (Phi) is 17.4. The van der Waals surface area contributed by atoms with Crippen molar-refractivity contribution in [2.24, 2.45) is 5.41 Å². The van der Waals surface area contributed by atoms with Crippen molar-refractivity contribution in [1.29, 1.82) is 5.26 Å². The average Bonchev–Trinajstić information content (AvgIpc) is 2.84. The predicted octanol–water partition coefficient (Wildman–Crippen LogP) is 6.33. The molecule has 0 heterocycles. The first kappa shape index (κ1) is 27.3. The summed E-state index contributed by atoms with van der Waals surface area (Å²) in [5.41, 5.74) is -0.571. The van der Waals surface area contributed by atoms with Crippen molar-refractivity contribution in [3.63, 3.8) is 0 Å². The summed E-state index contributed by atoms with van der Waals surface area (Å²) in [6.07, 6.45) is 4.34. The predicted molar refractivity (Wildman–Crippen MR) is 136 cm³/mol. The van der Waals surface area contributed by atoms with Gasteiger partial charge in [0.2, 0.25) is 0 Å². The largest absolute Gasteiger partial charge is 0.381 e. The highest BCUT2D eigenvalue weighted by molar-refractivity contribution is 7.44.